The average Bonchev–Trinajstić information content (AvgIpc) is 3.57. The molecule has 0 amide bonds. The Balaban J connectivity index is 1.15. The molecule has 6 aromatic carbocycles. The Morgan fingerprint density at radius 3 is 1.84 bits per heavy atom. The fourth-order valence-electron chi connectivity index (χ4n) is 6.41. The quantitative estimate of drug-likeness (QED) is 0.144. The van der Waals surface area contributed by atoms with Gasteiger partial charge < -0.3 is 0 Å². The van der Waals surface area contributed by atoms with E-state index in [0.717, 1.165) is 38.9 Å². The lowest BCUT2D eigenvalue weighted by Crippen LogP contribution is -1.96. The van der Waals surface area contributed by atoms with Crippen LogP contribution in [0.5, 0.6) is 0 Å². The summed E-state index contributed by atoms with van der Waals surface area (Å²) in [6.45, 7) is 4.02. The van der Waals surface area contributed by atoms with Gasteiger partial charge in [0, 0.05) is 21.2 Å². The van der Waals surface area contributed by atoms with E-state index in [1.807, 2.05) is 12.2 Å². The van der Waals surface area contributed by atoms with Gasteiger partial charge in [-0.05, 0) is 57.5 Å². The molecule has 0 N–H and O–H groups in total. The van der Waals surface area contributed by atoms with Crippen LogP contribution in [-0.4, -0.2) is 9.97 Å². The molecule has 0 saturated carbocycles. The number of fused-ring (bicyclic) bond motifs is 3. The predicted octanol–water partition coefficient (Wildman–Crippen LogP) is 12.9. The summed E-state index contributed by atoms with van der Waals surface area (Å²) in [5.41, 5.74) is 12.4. The van der Waals surface area contributed by atoms with Crippen LogP contribution in [0.3, 0.4) is 0 Å². The van der Waals surface area contributed by atoms with E-state index >= 15 is 0 Å². The standard InChI is InChI=1S/C47H34N2S/c1-2-14-38(21-11-15-33-16-12-22-39(31-33)34-17-5-3-6-18-34)47-48-44(46-45(49-47)42-25-9-10-26-43(42)50-46)37-29-27-36(28-30-37)41-24-13-23-40(32-41)35-19-7-4-8-20-35/h2-14,16-32H,1,15H2/b21-11-,38-14+. The molecule has 2 heterocycles. The lowest BCUT2D eigenvalue weighted by atomic mass is 9.98. The minimum Gasteiger partial charge on any atom is -0.226 e. The van der Waals surface area contributed by atoms with Gasteiger partial charge in [0.25, 0.3) is 0 Å². The van der Waals surface area contributed by atoms with Crippen LogP contribution in [-0.2, 0) is 6.42 Å². The Kier molecular flexibility index (Phi) is 8.80. The van der Waals surface area contributed by atoms with Crippen molar-refractivity contribution in [3.05, 3.63) is 200 Å². The highest BCUT2D eigenvalue weighted by atomic mass is 32.1. The van der Waals surface area contributed by atoms with Crippen molar-refractivity contribution in [3.8, 4) is 44.6 Å². The number of hydrogen-bond donors (Lipinski definition) is 0. The first kappa shape index (κ1) is 31.1. The molecule has 0 spiro atoms. The van der Waals surface area contributed by atoms with E-state index < -0.39 is 0 Å². The average molecular weight is 659 g/mol. The molecular formula is C47H34N2S. The lowest BCUT2D eigenvalue weighted by Gasteiger charge is -2.10. The molecule has 238 valence electrons. The van der Waals surface area contributed by atoms with Crippen LogP contribution in [0.2, 0.25) is 0 Å². The molecule has 2 aromatic heterocycles. The normalized spacial score (nSPS) is 11.8. The topological polar surface area (TPSA) is 25.8 Å². The van der Waals surface area contributed by atoms with Gasteiger partial charge in [0.1, 0.15) is 0 Å². The van der Waals surface area contributed by atoms with Gasteiger partial charge in [0.2, 0.25) is 0 Å². The Morgan fingerprint density at radius 1 is 0.560 bits per heavy atom. The van der Waals surface area contributed by atoms with E-state index in [2.05, 4.69) is 176 Å². The summed E-state index contributed by atoms with van der Waals surface area (Å²) in [5, 5.41) is 1.14. The fraction of sp³-hybridized carbons (Fsp3) is 0.0213. The molecule has 0 radical (unpaired) electrons. The number of nitrogens with zero attached hydrogens (tertiary/aromatic N) is 2. The van der Waals surface area contributed by atoms with E-state index in [-0.39, 0.29) is 0 Å². The maximum Gasteiger partial charge on any atom is 0.160 e. The second-order valence-corrected chi connectivity index (χ2v) is 13.3. The zero-order valence-electron chi connectivity index (χ0n) is 27.5. The predicted molar refractivity (Wildman–Crippen MR) is 214 cm³/mol. The number of allylic oxidation sites excluding steroid dienone is 5. The molecular weight excluding hydrogens is 625 g/mol. The molecule has 3 heteroatoms. The van der Waals surface area contributed by atoms with E-state index in [4.69, 9.17) is 9.97 Å². The third kappa shape index (κ3) is 6.47. The van der Waals surface area contributed by atoms with Crippen LogP contribution in [0, 0.1) is 0 Å². The first-order valence-electron chi connectivity index (χ1n) is 16.8. The van der Waals surface area contributed by atoms with Crippen molar-refractivity contribution >= 4 is 37.2 Å². The van der Waals surface area contributed by atoms with Crippen molar-refractivity contribution < 1.29 is 0 Å². The molecule has 0 atom stereocenters. The van der Waals surface area contributed by atoms with Gasteiger partial charge in [-0.15, -0.1) is 11.3 Å². The van der Waals surface area contributed by atoms with Crippen LogP contribution < -0.4 is 0 Å². The Bertz CT molecular complexity index is 2510. The van der Waals surface area contributed by atoms with Crippen LogP contribution in [0.1, 0.15) is 11.4 Å². The summed E-state index contributed by atoms with van der Waals surface area (Å²) >= 11 is 1.75. The Labute approximate surface area is 297 Å². The highest BCUT2D eigenvalue weighted by molar-refractivity contribution is 7.26. The second kappa shape index (κ2) is 14.1. The number of thiophene rings is 1. The molecule has 0 fully saturated rings. The van der Waals surface area contributed by atoms with Crippen LogP contribution in [0.25, 0.3) is 70.5 Å². The third-order valence-electron chi connectivity index (χ3n) is 8.92. The first-order chi connectivity index (χ1) is 24.7. The van der Waals surface area contributed by atoms with Crippen molar-refractivity contribution in [2.24, 2.45) is 0 Å². The van der Waals surface area contributed by atoms with Crippen LogP contribution in [0.15, 0.2) is 189 Å². The van der Waals surface area contributed by atoms with Crippen molar-refractivity contribution in [3.63, 3.8) is 0 Å². The molecule has 0 aliphatic heterocycles. The van der Waals surface area contributed by atoms with Crippen LogP contribution in [0.4, 0.5) is 0 Å². The van der Waals surface area contributed by atoms with Gasteiger partial charge in [-0.25, -0.2) is 9.97 Å². The van der Waals surface area contributed by atoms with Crippen molar-refractivity contribution in [1.82, 2.24) is 9.97 Å². The molecule has 0 bridgehead atoms. The zero-order chi connectivity index (χ0) is 33.7. The SMILES string of the molecule is C=C/C=C(\C=C/Cc1cccc(-c2ccccc2)c1)c1nc(-c2ccc(-c3cccc(-c4ccccc4)c3)cc2)c2sc3ccccc3c2n1. The smallest absolute Gasteiger partial charge is 0.160 e. The van der Waals surface area contributed by atoms with E-state index in [0.29, 0.717) is 5.82 Å². The van der Waals surface area contributed by atoms with E-state index in [1.165, 1.54) is 43.6 Å². The van der Waals surface area contributed by atoms with E-state index in [9.17, 15) is 0 Å². The summed E-state index contributed by atoms with van der Waals surface area (Å²) in [6.07, 6.45) is 8.92. The molecule has 0 unspecified atom stereocenters. The monoisotopic (exact) mass is 658 g/mol. The van der Waals surface area contributed by atoms with Gasteiger partial charge >= 0.3 is 0 Å². The van der Waals surface area contributed by atoms with Crippen molar-refractivity contribution in [2.45, 2.75) is 6.42 Å². The van der Waals surface area contributed by atoms with Crippen molar-refractivity contribution in [2.75, 3.05) is 0 Å². The maximum absolute atomic E-state index is 5.25. The molecule has 0 saturated heterocycles. The second-order valence-electron chi connectivity index (χ2n) is 12.2. The van der Waals surface area contributed by atoms with Gasteiger partial charge in [0.05, 0.1) is 15.9 Å². The number of hydrogen-bond acceptors (Lipinski definition) is 3. The highest BCUT2D eigenvalue weighted by Gasteiger charge is 2.17. The highest BCUT2D eigenvalue weighted by Crippen LogP contribution is 2.39. The number of benzene rings is 6. The van der Waals surface area contributed by atoms with Gasteiger partial charge in [-0.3, -0.25) is 0 Å². The molecule has 0 aliphatic carbocycles. The molecule has 8 aromatic rings. The summed E-state index contributed by atoms with van der Waals surface area (Å²) in [4.78, 5) is 10.4. The summed E-state index contributed by atoms with van der Waals surface area (Å²) in [6, 6.07) is 55.7. The zero-order valence-corrected chi connectivity index (χ0v) is 28.4. The van der Waals surface area contributed by atoms with Crippen LogP contribution >= 0.6 is 11.3 Å². The minimum atomic E-state index is 0.685. The molecule has 2 nitrogen and oxygen atoms in total. The lowest BCUT2D eigenvalue weighted by molar-refractivity contribution is 1.18. The molecule has 0 aliphatic rings. The Morgan fingerprint density at radius 2 is 1.14 bits per heavy atom. The number of rotatable bonds is 9. The van der Waals surface area contributed by atoms with Gasteiger partial charge in [-0.1, -0.05) is 176 Å². The Hall–Kier alpha value is -6.16. The summed E-state index contributed by atoms with van der Waals surface area (Å²) in [7, 11) is 0. The molecule has 8 rings (SSSR count). The fourth-order valence-corrected chi connectivity index (χ4v) is 7.56. The first-order valence-corrected chi connectivity index (χ1v) is 17.6. The van der Waals surface area contributed by atoms with Crippen molar-refractivity contribution in [1.29, 1.82) is 0 Å². The third-order valence-corrected chi connectivity index (χ3v) is 10.1. The summed E-state index contributed by atoms with van der Waals surface area (Å²) in [5.74, 6) is 0.685. The van der Waals surface area contributed by atoms with Gasteiger partial charge in [-0.2, -0.15) is 0 Å². The van der Waals surface area contributed by atoms with E-state index in [1.54, 1.807) is 11.3 Å². The summed E-state index contributed by atoms with van der Waals surface area (Å²) < 4.78 is 2.29. The maximum atomic E-state index is 5.25. The minimum absolute atomic E-state index is 0.685. The largest absolute Gasteiger partial charge is 0.226 e. The molecule has 50 heavy (non-hydrogen) atoms. The number of aromatic nitrogens is 2. The van der Waals surface area contributed by atoms with Gasteiger partial charge in [0.15, 0.2) is 5.82 Å².